The van der Waals surface area contributed by atoms with E-state index in [1.165, 1.54) is 9.80 Å². The van der Waals surface area contributed by atoms with Gasteiger partial charge in [-0.05, 0) is 60.7 Å². The van der Waals surface area contributed by atoms with Gasteiger partial charge in [0.25, 0.3) is 11.8 Å². The number of nitrogen functional groups attached to an aromatic ring is 1. The van der Waals surface area contributed by atoms with Crippen molar-refractivity contribution in [1.29, 1.82) is 0 Å². The van der Waals surface area contributed by atoms with Crippen LogP contribution < -0.4 is 15.4 Å². The number of ether oxygens (including phenoxy) is 2. The number of rotatable bonds is 11. The van der Waals surface area contributed by atoms with Crippen molar-refractivity contribution in [3.05, 3.63) is 143 Å². The monoisotopic (exact) mass is 737 g/mol. The topological polar surface area (TPSA) is 145 Å². The Morgan fingerprint density at radius 1 is 0.870 bits per heavy atom. The number of esters is 2. The van der Waals surface area contributed by atoms with Gasteiger partial charge in [-0.2, -0.15) is 18.2 Å². The summed E-state index contributed by atoms with van der Waals surface area (Å²) in [7, 11) is 0. The second kappa shape index (κ2) is 16.0. The van der Waals surface area contributed by atoms with Crippen LogP contribution in [0.5, 0.6) is 5.88 Å². The fraction of sp³-hybridized carbons (Fsp3) is 0.200. The minimum Gasteiger partial charge on any atom is -0.478 e. The molecule has 11 nitrogen and oxygen atoms in total. The van der Waals surface area contributed by atoms with E-state index in [0.717, 1.165) is 0 Å². The van der Waals surface area contributed by atoms with Gasteiger partial charge in [0, 0.05) is 17.4 Å². The Hall–Kier alpha value is -6.57. The SMILES string of the molecule is Cc1cc(OCCCc2ccc3c(c2)C(=O)N(C(CC(=O)OC(=O)C(F)(F)F)c2ccccc2)C(c2ccccc2)C(=O)N3c2ccccc2)nc(N)n1. The lowest BCUT2D eigenvalue weighted by molar-refractivity contribution is -0.202. The molecule has 0 bridgehead atoms. The number of carbonyl (C=O) groups is 4. The van der Waals surface area contributed by atoms with Crippen LogP contribution in [0.4, 0.5) is 30.5 Å². The highest BCUT2D eigenvalue weighted by atomic mass is 19.4. The first kappa shape index (κ1) is 37.2. The maximum Gasteiger partial charge on any atom is 0.491 e. The van der Waals surface area contributed by atoms with E-state index >= 15 is 9.59 Å². The third kappa shape index (κ3) is 8.38. The van der Waals surface area contributed by atoms with Gasteiger partial charge in [-0.15, -0.1) is 0 Å². The van der Waals surface area contributed by atoms with Crippen molar-refractivity contribution < 1.29 is 41.8 Å². The highest BCUT2D eigenvalue weighted by Crippen LogP contribution is 2.44. The number of hydrogen-bond donors (Lipinski definition) is 1. The molecule has 2 unspecified atom stereocenters. The van der Waals surface area contributed by atoms with Gasteiger partial charge in [0.05, 0.1) is 30.3 Å². The quantitative estimate of drug-likeness (QED) is 0.0860. The maximum absolute atomic E-state index is 15.1. The van der Waals surface area contributed by atoms with Gasteiger partial charge in [0.2, 0.25) is 11.8 Å². The van der Waals surface area contributed by atoms with Crippen molar-refractivity contribution in [3.63, 3.8) is 0 Å². The van der Waals surface area contributed by atoms with Crippen molar-refractivity contribution >= 4 is 41.1 Å². The largest absolute Gasteiger partial charge is 0.491 e. The number of nitrogens with zero attached hydrogens (tertiary/aromatic N) is 4. The minimum atomic E-state index is -5.43. The van der Waals surface area contributed by atoms with Crippen molar-refractivity contribution in [1.82, 2.24) is 14.9 Å². The lowest BCUT2D eigenvalue weighted by atomic mass is 9.95. The van der Waals surface area contributed by atoms with Gasteiger partial charge in [-0.1, -0.05) is 84.9 Å². The molecule has 0 fully saturated rings. The molecule has 0 aliphatic carbocycles. The number of alkyl halides is 3. The smallest absolute Gasteiger partial charge is 0.478 e. The Labute approximate surface area is 308 Å². The van der Waals surface area contributed by atoms with Crippen LogP contribution in [0, 0.1) is 6.92 Å². The molecule has 0 radical (unpaired) electrons. The number of amides is 2. The zero-order valence-corrected chi connectivity index (χ0v) is 28.9. The van der Waals surface area contributed by atoms with E-state index in [0.29, 0.717) is 46.8 Å². The highest BCUT2D eigenvalue weighted by Gasteiger charge is 2.47. The molecule has 276 valence electrons. The molecule has 5 aromatic rings. The summed E-state index contributed by atoms with van der Waals surface area (Å²) < 4.78 is 49.4. The Bertz CT molecular complexity index is 2130. The maximum atomic E-state index is 15.1. The molecule has 1 aromatic heterocycles. The zero-order valence-electron chi connectivity index (χ0n) is 28.9. The van der Waals surface area contributed by atoms with Gasteiger partial charge in [-0.25, -0.2) is 9.78 Å². The predicted octanol–water partition coefficient (Wildman–Crippen LogP) is 7.00. The average Bonchev–Trinajstić information content (AvgIpc) is 3.24. The molecule has 2 N–H and O–H groups in total. The molecule has 0 saturated carbocycles. The van der Waals surface area contributed by atoms with Crippen LogP contribution in [0.1, 0.15) is 57.7 Å². The van der Waals surface area contributed by atoms with Crippen molar-refractivity contribution in [2.45, 2.75) is 44.4 Å². The van der Waals surface area contributed by atoms with E-state index in [-0.39, 0.29) is 23.8 Å². The Morgan fingerprint density at radius 2 is 1.52 bits per heavy atom. The van der Waals surface area contributed by atoms with E-state index < -0.39 is 48.4 Å². The van der Waals surface area contributed by atoms with E-state index in [1.807, 2.05) is 0 Å². The summed E-state index contributed by atoms with van der Waals surface area (Å²) in [5.41, 5.74) is 8.61. The standard InChI is InChI=1S/C40H34F3N5O6/c1-25-22-33(46-39(44)45-25)53-21-11-12-26-19-20-31-30(23-26)36(50)48(32(27-13-5-2-6-14-27)24-34(49)54-38(52)40(41,42)43)35(28-15-7-3-8-16-28)37(51)47(31)29-17-9-4-10-18-29/h2-10,13-20,22-23,32,35H,11-12,21,24H2,1H3,(H2,44,45,46). The van der Waals surface area contributed by atoms with E-state index in [2.05, 4.69) is 14.7 Å². The molecule has 4 aromatic carbocycles. The molecule has 0 saturated heterocycles. The zero-order chi connectivity index (χ0) is 38.4. The number of carbonyl (C=O) groups excluding carboxylic acids is 4. The summed E-state index contributed by atoms with van der Waals surface area (Å²) >= 11 is 0. The fourth-order valence-electron chi connectivity index (χ4n) is 6.33. The first-order valence-electron chi connectivity index (χ1n) is 16.9. The number of para-hydroxylation sites is 1. The van der Waals surface area contributed by atoms with Gasteiger partial charge in [0.15, 0.2) is 0 Å². The number of aromatic nitrogens is 2. The molecule has 2 heterocycles. The van der Waals surface area contributed by atoms with Crippen LogP contribution in [0.15, 0.2) is 115 Å². The number of hydrogen-bond acceptors (Lipinski definition) is 9. The van der Waals surface area contributed by atoms with E-state index in [9.17, 15) is 22.8 Å². The molecular formula is C40H34F3N5O6. The number of halogens is 3. The molecule has 14 heteroatoms. The van der Waals surface area contributed by atoms with Gasteiger partial charge in [-0.3, -0.25) is 19.3 Å². The molecule has 0 spiro atoms. The average molecular weight is 738 g/mol. The van der Waals surface area contributed by atoms with E-state index in [1.54, 1.807) is 122 Å². The van der Waals surface area contributed by atoms with Crippen LogP contribution in [0.2, 0.25) is 0 Å². The fourth-order valence-corrected chi connectivity index (χ4v) is 6.33. The second-order valence-electron chi connectivity index (χ2n) is 12.4. The lowest BCUT2D eigenvalue weighted by Gasteiger charge is -2.37. The Kier molecular flexibility index (Phi) is 11.0. The third-order valence-corrected chi connectivity index (χ3v) is 8.65. The molecule has 54 heavy (non-hydrogen) atoms. The van der Waals surface area contributed by atoms with Crippen LogP contribution in [-0.4, -0.2) is 51.4 Å². The molecule has 1 aliphatic heterocycles. The second-order valence-corrected chi connectivity index (χ2v) is 12.4. The van der Waals surface area contributed by atoms with Gasteiger partial charge in [0.1, 0.15) is 6.04 Å². The first-order valence-corrected chi connectivity index (χ1v) is 16.9. The molecule has 6 rings (SSSR count). The van der Waals surface area contributed by atoms with Crippen LogP contribution in [0.3, 0.4) is 0 Å². The molecule has 2 amide bonds. The van der Waals surface area contributed by atoms with Crippen molar-refractivity contribution in [2.24, 2.45) is 0 Å². The summed E-state index contributed by atoms with van der Waals surface area (Å²) in [4.78, 5) is 65.8. The summed E-state index contributed by atoms with van der Waals surface area (Å²) in [5.74, 6) is -5.07. The Morgan fingerprint density at radius 3 is 2.17 bits per heavy atom. The summed E-state index contributed by atoms with van der Waals surface area (Å²) in [6, 6.07) is 29.2. The van der Waals surface area contributed by atoms with Crippen LogP contribution in [0.25, 0.3) is 0 Å². The molecule has 1 aliphatic rings. The van der Waals surface area contributed by atoms with E-state index in [4.69, 9.17) is 10.5 Å². The summed E-state index contributed by atoms with van der Waals surface area (Å²) in [6.45, 7) is 2.02. The number of aryl methyl sites for hydroxylation is 2. The molecule has 2 atom stereocenters. The number of anilines is 3. The number of nitrogens with two attached hydrogens (primary N) is 1. The Balaban J connectivity index is 1.45. The summed E-state index contributed by atoms with van der Waals surface area (Å²) in [5, 5.41) is 0. The van der Waals surface area contributed by atoms with Crippen molar-refractivity contribution in [3.8, 4) is 5.88 Å². The number of fused-ring (bicyclic) bond motifs is 1. The minimum absolute atomic E-state index is 0.0826. The van der Waals surface area contributed by atoms with Gasteiger partial charge >= 0.3 is 18.1 Å². The molecular weight excluding hydrogens is 703 g/mol. The van der Waals surface area contributed by atoms with Gasteiger partial charge < -0.3 is 20.1 Å². The number of benzene rings is 4. The normalized spacial score (nSPS) is 14.9. The first-order chi connectivity index (χ1) is 25.9. The van der Waals surface area contributed by atoms with Crippen LogP contribution >= 0.6 is 0 Å². The summed E-state index contributed by atoms with van der Waals surface area (Å²) in [6.07, 6.45) is -5.37. The van der Waals surface area contributed by atoms with Crippen molar-refractivity contribution in [2.75, 3.05) is 17.2 Å². The lowest BCUT2D eigenvalue weighted by Crippen LogP contribution is -2.44. The third-order valence-electron chi connectivity index (χ3n) is 8.65. The van der Waals surface area contributed by atoms with Crippen LogP contribution in [-0.2, 0) is 25.5 Å². The highest BCUT2D eigenvalue weighted by molar-refractivity contribution is 6.14. The predicted molar refractivity (Wildman–Crippen MR) is 191 cm³/mol.